The minimum absolute atomic E-state index is 0. The van der Waals surface area contributed by atoms with Crippen LogP contribution in [0.25, 0.3) is 5.76 Å². The number of aliphatic hydroxyl groups excluding tert-OH is 2. The first-order chi connectivity index (χ1) is 14.0. The highest BCUT2D eigenvalue weighted by Gasteiger charge is 2.64. The molecule has 1 aromatic rings. The van der Waals surface area contributed by atoms with Crippen LogP contribution in [0.2, 0.25) is 0 Å². The van der Waals surface area contributed by atoms with Crippen LogP contribution < -0.4 is 5.73 Å². The van der Waals surface area contributed by atoms with Gasteiger partial charge in [0.25, 0.3) is 5.91 Å². The number of likely N-dealkylation sites (N-methyl/N-ethyl adjacent to an activating group) is 1. The van der Waals surface area contributed by atoms with Gasteiger partial charge in [0.1, 0.15) is 22.8 Å². The van der Waals surface area contributed by atoms with E-state index in [0.29, 0.717) is 12.0 Å². The molecule has 3 aliphatic rings. The molecular formula is C21H24Cl2N2O7. The summed E-state index contributed by atoms with van der Waals surface area (Å²) in [5, 5.41) is 43.1. The van der Waals surface area contributed by atoms with Gasteiger partial charge in [0, 0.05) is 11.5 Å². The molecular weight excluding hydrogens is 463 g/mol. The summed E-state index contributed by atoms with van der Waals surface area (Å²) >= 11 is 0. The first-order valence-electron chi connectivity index (χ1n) is 9.47. The SMILES string of the molecule is CN(C)[C@@H]1C(=O)C(C(N)=O)=C(O)[C@@]2(O)C(=O)C3=C(O)c4c(O)cccc4C[C@H]3C[C@@H]12.Cl.Cl. The van der Waals surface area contributed by atoms with E-state index < -0.39 is 58.0 Å². The third-order valence-corrected chi connectivity index (χ3v) is 6.46. The number of hydrogen-bond acceptors (Lipinski definition) is 8. The van der Waals surface area contributed by atoms with Crippen molar-refractivity contribution < 1.29 is 34.8 Å². The van der Waals surface area contributed by atoms with Crippen molar-refractivity contribution in [2.45, 2.75) is 24.5 Å². The number of carbonyl (C=O) groups excluding carboxylic acids is 3. The van der Waals surface area contributed by atoms with Crippen molar-refractivity contribution in [3.05, 3.63) is 46.2 Å². The van der Waals surface area contributed by atoms with Crippen molar-refractivity contribution in [1.29, 1.82) is 0 Å². The van der Waals surface area contributed by atoms with Gasteiger partial charge in [-0.05, 0) is 44.5 Å². The summed E-state index contributed by atoms with van der Waals surface area (Å²) in [6.45, 7) is 0. The zero-order valence-electron chi connectivity index (χ0n) is 17.2. The summed E-state index contributed by atoms with van der Waals surface area (Å²) in [5.74, 6) is -6.43. The quantitative estimate of drug-likeness (QED) is 0.383. The van der Waals surface area contributed by atoms with Crippen LogP contribution in [0.3, 0.4) is 0 Å². The van der Waals surface area contributed by atoms with E-state index in [0.717, 1.165) is 0 Å². The van der Waals surface area contributed by atoms with E-state index in [1.165, 1.54) is 11.0 Å². The fraction of sp³-hybridized carbons (Fsp3) is 0.381. The monoisotopic (exact) mass is 486 g/mol. The minimum atomic E-state index is -2.60. The molecule has 0 heterocycles. The Labute approximate surface area is 196 Å². The van der Waals surface area contributed by atoms with E-state index in [1.807, 2.05) is 0 Å². The third kappa shape index (κ3) is 3.19. The van der Waals surface area contributed by atoms with Crippen LogP contribution >= 0.6 is 24.8 Å². The second-order valence-corrected chi connectivity index (χ2v) is 8.27. The van der Waals surface area contributed by atoms with Crippen LogP contribution in [0.4, 0.5) is 0 Å². The summed E-state index contributed by atoms with van der Waals surface area (Å²) < 4.78 is 0. The Kier molecular flexibility index (Phi) is 6.74. The molecule has 32 heavy (non-hydrogen) atoms. The third-order valence-electron chi connectivity index (χ3n) is 6.46. The van der Waals surface area contributed by atoms with Gasteiger partial charge in [-0.3, -0.25) is 19.3 Å². The molecule has 0 bridgehead atoms. The number of fused-ring (bicyclic) bond motifs is 3. The van der Waals surface area contributed by atoms with Crippen molar-refractivity contribution in [3.8, 4) is 5.75 Å². The van der Waals surface area contributed by atoms with Gasteiger partial charge >= 0.3 is 0 Å². The number of nitrogens with two attached hydrogens (primary N) is 1. The number of nitrogens with zero attached hydrogens (tertiary/aromatic N) is 1. The van der Waals surface area contributed by atoms with E-state index in [9.17, 15) is 34.8 Å². The Morgan fingerprint density at radius 1 is 1.16 bits per heavy atom. The molecule has 174 valence electrons. The Hall–Kier alpha value is -2.59. The van der Waals surface area contributed by atoms with E-state index in [-0.39, 0.29) is 48.1 Å². The fourth-order valence-electron chi connectivity index (χ4n) is 5.18. The molecule has 3 aliphatic carbocycles. The Morgan fingerprint density at radius 2 is 1.78 bits per heavy atom. The number of Topliss-reactive ketones (excluding diaryl/α,β-unsaturated/α-hetero) is 2. The average Bonchev–Trinajstić information content (AvgIpc) is 2.64. The van der Waals surface area contributed by atoms with Crippen LogP contribution in [0.15, 0.2) is 35.1 Å². The number of carbonyl (C=O) groups is 3. The molecule has 0 aliphatic heterocycles. The topological polar surface area (TPSA) is 161 Å². The van der Waals surface area contributed by atoms with Crippen LogP contribution in [-0.2, 0) is 20.8 Å². The van der Waals surface area contributed by atoms with Crippen LogP contribution in [0, 0.1) is 11.8 Å². The molecule has 0 radical (unpaired) electrons. The van der Waals surface area contributed by atoms with Gasteiger partial charge in [-0.2, -0.15) is 0 Å². The lowest BCUT2D eigenvalue weighted by molar-refractivity contribution is -0.153. The molecule has 0 saturated heterocycles. The zero-order chi connectivity index (χ0) is 22.1. The van der Waals surface area contributed by atoms with E-state index >= 15 is 0 Å². The maximum Gasteiger partial charge on any atom is 0.255 e. The van der Waals surface area contributed by atoms with Crippen LogP contribution in [-0.4, -0.2) is 68.5 Å². The summed E-state index contributed by atoms with van der Waals surface area (Å²) in [6, 6.07) is 3.62. The van der Waals surface area contributed by atoms with Gasteiger partial charge in [0.15, 0.2) is 11.4 Å². The molecule has 1 amide bonds. The number of hydrogen-bond donors (Lipinski definition) is 5. The summed E-state index contributed by atoms with van der Waals surface area (Å²) in [7, 11) is 3.12. The number of benzene rings is 1. The molecule has 4 rings (SSSR count). The number of rotatable bonds is 2. The molecule has 6 N–H and O–H groups in total. The van der Waals surface area contributed by atoms with Gasteiger partial charge in [-0.1, -0.05) is 12.1 Å². The molecule has 4 atom stereocenters. The van der Waals surface area contributed by atoms with Crippen molar-refractivity contribution in [3.63, 3.8) is 0 Å². The standard InChI is InChI=1S/C21H22N2O7.2ClH/c1-23(2)15-10-7-9-6-8-4-3-5-11(24)12(8)16(25)13(9)18(27)21(10,30)19(28)14(17(15)26)20(22)29;;/h3-5,9-10,15,24-25,28,30H,6-7H2,1-2H3,(H2,22,29);2*1H/t9-,10-,15-,21-;;/m0../s1. The van der Waals surface area contributed by atoms with Crippen molar-refractivity contribution in [2.24, 2.45) is 17.6 Å². The van der Waals surface area contributed by atoms with Gasteiger partial charge in [0.2, 0.25) is 5.78 Å². The smallest absolute Gasteiger partial charge is 0.255 e. The first-order valence-corrected chi connectivity index (χ1v) is 9.47. The number of aliphatic hydroxyl groups is 3. The Bertz CT molecular complexity index is 1080. The van der Waals surface area contributed by atoms with Gasteiger partial charge in [-0.25, -0.2) is 0 Å². The van der Waals surface area contributed by atoms with E-state index in [2.05, 4.69) is 0 Å². The predicted octanol–water partition coefficient (Wildman–Crippen LogP) is 0.808. The summed E-state index contributed by atoms with van der Waals surface area (Å²) in [6.07, 6.45) is 0.379. The summed E-state index contributed by atoms with van der Waals surface area (Å²) in [5.41, 5.74) is 2.41. The number of phenols is 1. The number of aromatic hydroxyl groups is 1. The predicted molar refractivity (Wildman–Crippen MR) is 119 cm³/mol. The maximum atomic E-state index is 13.5. The van der Waals surface area contributed by atoms with Crippen LogP contribution in [0.1, 0.15) is 17.5 Å². The van der Waals surface area contributed by atoms with Gasteiger partial charge < -0.3 is 26.2 Å². The summed E-state index contributed by atoms with van der Waals surface area (Å²) in [4.78, 5) is 39.7. The molecule has 1 fully saturated rings. The Morgan fingerprint density at radius 3 is 2.34 bits per heavy atom. The lowest BCUT2D eigenvalue weighted by Crippen LogP contribution is -2.65. The molecule has 11 heteroatoms. The van der Waals surface area contributed by atoms with Crippen molar-refractivity contribution in [1.82, 2.24) is 4.90 Å². The second kappa shape index (κ2) is 8.40. The molecule has 0 aromatic heterocycles. The number of primary amides is 1. The molecule has 0 unspecified atom stereocenters. The lowest BCUT2D eigenvalue weighted by Gasteiger charge is -2.50. The highest BCUT2D eigenvalue weighted by molar-refractivity contribution is 6.24. The van der Waals surface area contributed by atoms with Gasteiger partial charge in [-0.15, -0.1) is 24.8 Å². The normalized spacial score (nSPS) is 28.9. The highest BCUT2D eigenvalue weighted by Crippen LogP contribution is 2.52. The fourth-order valence-corrected chi connectivity index (χ4v) is 5.18. The van der Waals surface area contributed by atoms with Crippen molar-refractivity contribution >= 4 is 48.0 Å². The average molecular weight is 487 g/mol. The second-order valence-electron chi connectivity index (χ2n) is 8.27. The van der Waals surface area contributed by atoms with Crippen molar-refractivity contribution in [2.75, 3.05) is 14.1 Å². The lowest BCUT2D eigenvalue weighted by atomic mass is 9.57. The number of phenolic OH excluding ortho intramolecular Hbond substituents is 1. The molecule has 0 spiro atoms. The number of ketones is 2. The first kappa shape index (κ1) is 25.7. The highest BCUT2D eigenvalue weighted by atomic mass is 35.5. The molecule has 1 aromatic carbocycles. The number of amides is 1. The zero-order valence-corrected chi connectivity index (χ0v) is 18.9. The maximum absolute atomic E-state index is 13.5. The number of halogens is 2. The van der Waals surface area contributed by atoms with Crippen LogP contribution in [0.5, 0.6) is 5.75 Å². The largest absolute Gasteiger partial charge is 0.508 e. The van der Waals surface area contributed by atoms with Gasteiger partial charge in [0.05, 0.1) is 11.6 Å². The molecule has 1 saturated carbocycles. The van der Waals surface area contributed by atoms with E-state index in [4.69, 9.17) is 5.73 Å². The van der Waals surface area contributed by atoms with E-state index in [1.54, 1.807) is 26.2 Å². The Balaban J connectivity index is 0.00000181. The molecule has 9 nitrogen and oxygen atoms in total. The minimum Gasteiger partial charge on any atom is -0.508 e.